The van der Waals surface area contributed by atoms with Crippen LogP contribution in [0.3, 0.4) is 0 Å². The van der Waals surface area contributed by atoms with Gasteiger partial charge in [-0.15, -0.1) is 0 Å². The molecule has 0 aliphatic heterocycles. The third kappa shape index (κ3) is 5.22. The second kappa shape index (κ2) is 9.18. The molecule has 2 aromatic heterocycles. The maximum Gasteiger partial charge on any atom is 0.434 e. The van der Waals surface area contributed by atoms with Crippen LogP contribution >= 0.6 is 11.6 Å². The summed E-state index contributed by atoms with van der Waals surface area (Å²) < 4.78 is 42.2. The van der Waals surface area contributed by atoms with E-state index in [1.54, 1.807) is 48.7 Å². The fraction of sp³-hybridized carbons (Fsp3) is 0.0417. The standard InChI is InChI=1S/C24H14ClF3N4O/c25-17-6-4-9-20(14-17)32-22(24(26,27)28)21(15-30-32)23(33)31-19-8-3-5-16(13-19)10-11-18-7-1-2-12-29-18/h1-9,12-15H,(H,31,33). The number of nitrogens with one attached hydrogen (secondary N) is 1. The van der Waals surface area contributed by atoms with Gasteiger partial charge < -0.3 is 5.32 Å². The molecular formula is C24H14ClF3N4O. The zero-order valence-electron chi connectivity index (χ0n) is 16.8. The molecular weight excluding hydrogens is 453 g/mol. The smallest absolute Gasteiger partial charge is 0.322 e. The van der Waals surface area contributed by atoms with Crippen molar-refractivity contribution in [2.45, 2.75) is 6.18 Å². The van der Waals surface area contributed by atoms with Crippen molar-refractivity contribution in [1.82, 2.24) is 14.8 Å². The second-order valence-corrected chi connectivity index (χ2v) is 7.23. The lowest BCUT2D eigenvalue weighted by atomic mass is 10.1. The first-order chi connectivity index (χ1) is 15.8. The first-order valence-electron chi connectivity index (χ1n) is 9.57. The second-order valence-electron chi connectivity index (χ2n) is 6.80. The Balaban J connectivity index is 1.63. The average Bonchev–Trinajstić information content (AvgIpc) is 3.25. The highest BCUT2D eigenvalue weighted by Crippen LogP contribution is 2.34. The number of halogens is 4. The zero-order chi connectivity index (χ0) is 23.4. The van der Waals surface area contributed by atoms with Gasteiger partial charge in [0.15, 0.2) is 5.69 Å². The minimum atomic E-state index is -4.83. The summed E-state index contributed by atoms with van der Waals surface area (Å²) in [6.45, 7) is 0. The summed E-state index contributed by atoms with van der Waals surface area (Å²) in [6.07, 6.45) is -2.34. The molecule has 1 N–H and O–H groups in total. The molecule has 0 spiro atoms. The van der Waals surface area contributed by atoms with Gasteiger partial charge in [-0.25, -0.2) is 9.67 Å². The van der Waals surface area contributed by atoms with Crippen LogP contribution in [0.1, 0.15) is 27.3 Å². The monoisotopic (exact) mass is 466 g/mol. The molecule has 4 aromatic rings. The van der Waals surface area contributed by atoms with Gasteiger partial charge in [-0.3, -0.25) is 4.79 Å². The Bertz CT molecular complexity index is 1370. The van der Waals surface area contributed by atoms with Crippen LogP contribution in [0, 0.1) is 11.8 Å². The van der Waals surface area contributed by atoms with Crippen molar-refractivity contribution >= 4 is 23.2 Å². The van der Waals surface area contributed by atoms with Gasteiger partial charge in [-0.05, 0) is 54.5 Å². The maximum absolute atomic E-state index is 13.9. The number of aromatic nitrogens is 3. The lowest BCUT2D eigenvalue weighted by molar-refractivity contribution is -0.143. The number of carbonyl (C=O) groups is 1. The molecule has 0 atom stereocenters. The maximum atomic E-state index is 13.9. The van der Waals surface area contributed by atoms with Gasteiger partial charge in [0.1, 0.15) is 5.69 Å². The van der Waals surface area contributed by atoms with Gasteiger partial charge in [0.2, 0.25) is 0 Å². The van der Waals surface area contributed by atoms with Crippen molar-refractivity contribution < 1.29 is 18.0 Å². The van der Waals surface area contributed by atoms with E-state index in [1.807, 2.05) is 0 Å². The molecule has 2 heterocycles. The lowest BCUT2D eigenvalue weighted by Crippen LogP contribution is -2.20. The van der Waals surface area contributed by atoms with E-state index >= 15 is 0 Å². The zero-order valence-corrected chi connectivity index (χ0v) is 17.5. The van der Waals surface area contributed by atoms with Crippen LogP contribution in [0.4, 0.5) is 18.9 Å². The minimum absolute atomic E-state index is 0.0840. The molecule has 9 heteroatoms. The van der Waals surface area contributed by atoms with Crippen molar-refractivity contribution in [3.63, 3.8) is 0 Å². The highest BCUT2D eigenvalue weighted by atomic mass is 35.5. The molecule has 0 aliphatic rings. The largest absolute Gasteiger partial charge is 0.434 e. The molecule has 2 aromatic carbocycles. The SMILES string of the molecule is O=C(Nc1cccc(C#Cc2ccccn2)c1)c1cnn(-c2cccc(Cl)c2)c1C(F)(F)F. The van der Waals surface area contributed by atoms with Crippen molar-refractivity contribution in [3.8, 4) is 17.5 Å². The number of amides is 1. The van der Waals surface area contributed by atoms with Gasteiger partial charge in [-0.2, -0.15) is 18.3 Å². The Labute approximate surface area is 191 Å². The Morgan fingerprint density at radius 1 is 1.00 bits per heavy atom. The first kappa shape index (κ1) is 22.1. The average molecular weight is 467 g/mol. The normalized spacial score (nSPS) is 10.9. The molecule has 1 amide bonds. The van der Waals surface area contributed by atoms with E-state index in [9.17, 15) is 18.0 Å². The van der Waals surface area contributed by atoms with Gasteiger partial charge in [0.05, 0.1) is 17.4 Å². The Hall–Kier alpha value is -4.09. The van der Waals surface area contributed by atoms with E-state index in [0.717, 1.165) is 6.20 Å². The molecule has 4 rings (SSSR count). The fourth-order valence-corrected chi connectivity index (χ4v) is 3.22. The van der Waals surface area contributed by atoms with Gasteiger partial charge in [0, 0.05) is 22.5 Å². The summed E-state index contributed by atoms with van der Waals surface area (Å²) in [5.41, 5.74) is -0.322. The molecule has 0 saturated carbocycles. The minimum Gasteiger partial charge on any atom is -0.322 e. The predicted molar refractivity (Wildman–Crippen MR) is 118 cm³/mol. The van der Waals surface area contributed by atoms with Crippen LogP contribution in [-0.4, -0.2) is 20.7 Å². The van der Waals surface area contributed by atoms with Crippen molar-refractivity contribution in [2.75, 3.05) is 5.32 Å². The first-order valence-corrected chi connectivity index (χ1v) is 9.95. The third-order valence-electron chi connectivity index (χ3n) is 4.46. The highest BCUT2D eigenvalue weighted by Gasteiger charge is 2.40. The predicted octanol–water partition coefficient (Wildman–Crippen LogP) is 5.59. The molecule has 0 aliphatic carbocycles. The topological polar surface area (TPSA) is 59.8 Å². The van der Waals surface area contributed by atoms with E-state index in [-0.39, 0.29) is 16.4 Å². The lowest BCUT2D eigenvalue weighted by Gasteiger charge is -2.13. The summed E-state index contributed by atoms with van der Waals surface area (Å²) in [6, 6.07) is 17.5. The third-order valence-corrected chi connectivity index (χ3v) is 4.69. The summed E-state index contributed by atoms with van der Waals surface area (Å²) in [7, 11) is 0. The fourth-order valence-electron chi connectivity index (χ4n) is 3.04. The number of hydrogen-bond donors (Lipinski definition) is 1. The van der Waals surface area contributed by atoms with E-state index < -0.39 is 23.3 Å². The molecule has 0 unspecified atom stereocenters. The van der Waals surface area contributed by atoms with Crippen molar-refractivity contribution in [3.05, 3.63) is 107 Å². The van der Waals surface area contributed by atoms with Crippen molar-refractivity contribution in [2.24, 2.45) is 0 Å². The summed E-state index contributed by atoms with van der Waals surface area (Å²) in [5.74, 6) is 4.84. The summed E-state index contributed by atoms with van der Waals surface area (Å²) >= 11 is 5.90. The van der Waals surface area contributed by atoms with Crippen molar-refractivity contribution in [1.29, 1.82) is 0 Å². The number of carbonyl (C=O) groups excluding carboxylic acids is 1. The van der Waals surface area contributed by atoms with E-state index in [1.165, 1.54) is 24.3 Å². The number of benzene rings is 2. The molecule has 164 valence electrons. The van der Waals surface area contributed by atoms with E-state index in [0.29, 0.717) is 15.9 Å². The van der Waals surface area contributed by atoms with E-state index in [2.05, 4.69) is 27.2 Å². The quantitative estimate of drug-likeness (QED) is 0.400. The number of rotatable bonds is 3. The van der Waals surface area contributed by atoms with Gasteiger partial charge >= 0.3 is 6.18 Å². The van der Waals surface area contributed by atoms with Crippen LogP contribution in [0.2, 0.25) is 5.02 Å². The molecule has 33 heavy (non-hydrogen) atoms. The molecule has 0 radical (unpaired) electrons. The Kier molecular flexibility index (Phi) is 6.16. The number of pyridine rings is 1. The number of nitrogens with zero attached hydrogens (tertiary/aromatic N) is 3. The summed E-state index contributed by atoms with van der Waals surface area (Å²) in [4.78, 5) is 16.8. The molecule has 0 fully saturated rings. The van der Waals surface area contributed by atoms with Crippen LogP contribution in [-0.2, 0) is 6.18 Å². The molecule has 0 saturated heterocycles. The Morgan fingerprint density at radius 2 is 1.82 bits per heavy atom. The molecule has 5 nitrogen and oxygen atoms in total. The van der Waals surface area contributed by atoms with Crippen LogP contribution in [0.5, 0.6) is 0 Å². The highest BCUT2D eigenvalue weighted by molar-refractivity contribution is 6.30. The van der Waals surface area contributed by atoms with Crippen LogP contribution in [0.25, 0.3) is 5.69 Å². The number of anilines is 1. The molecule has 0 bridgehead atoms. The van der Waals surface area contributed by atoms with Gasteiger partial charge in [0.25, 0.3) is 5.91 Å². The summed E-state index contributed by atoms with van der Waals surface area (Å²) in [5, 5.41) is 6.51. The Morgan fingerprint density at radius 3 is 2.55 bits per heavy atom. The number of alkyl halides is 3. The van der Waals surface area contributed by atoms with E-state index in [4.69, 9.17) is 11.6 Å². The van der Waals surface area contributed by atoms with Gasteiger partial charge in [-0.1, -0.05) is 35.7 Å². The number of hydrogen-bond acceptors (Lipinski definition) is 3. The van der Waals surface area contributed by atoms with Crippen LogP contribution in [0.15, 0.2) is 79.1 Å². The van der Waals surface area contributed by atoms with Crippen LogP contribution < -0.4 is 5.32 Å².